The van der Waals surface area contributed by atoms with E-state index >= 15 is 0 Å². The smallest absolute Gasteiger partial charge is 0.271 e. The molecule has 1 atom stereocenters. The summed E-state index contributed by atoms with van der Waals surface area (Å²) in [5.41, 5.74) is 0.126. The highest BCUT2D eigenvalue weighted by Gasteiger charge is 2.32. The van der Waals surface area contributed by atoms with Crippen LogP contribution >= 0.6 is 23.2 Å². The van der Waals surface area contributed by atoms with Crippen LogP contribution in [0.2, 0.25) is 10.0 Å². The molecule has 0 bridgehead atoms. The van der Waals surface area contributed by atoms with E-state index in [2.05, 4.69) is 5.32 Å². The number of non-ortho nitro benzene ring substituents is 1. The number of carbonyl (C=O) groups is 2. The maximum Gasteiger partial charge on any atom is 0.271 e. The van der Waals surface area contributed by atoms with Crippen molar-refractivity contribution in [3.8, 4) is 0 Å². The number of carbonyl (C=O) groups excluding carboxylic acids is 2. The van der Waals surface area contributed by atoms with Gasteiger partial charge in [-0.15, -0.1) is 0 Å². The van der Waals surface area contributed by atoms with E-state index in [4.69, 9.17) is 23.2 Å². The lowest BCUT2D eigenvalue weighted by Gasteiger charge is -2.33. The molecule has 0 fully saturated rings. The predicted octanol–water partition coefficient (Wildman–Crippen LogP) is 3.61. The van der Waals surface area contributed by atoms with Crippen LogP contribution in [0.25, 0.3) is 0 Å². The number of nitro benzene ring substituents is 1. The Hall–Kier alpha value is -2.89. The summed E-state index contributed by atoms with van der Waals surface area (Å²) >= 11 is 12.3. The molecule has 2 rings (SSSR count). The summed E-state index contributed by atoms with van der Waals surface area (Å²) in [5.74, 6) is -1.10. The number of sulfonamides is 1. The lowest BCUT2D eigenvalue weighted by Crippen LogP contribution is -2.52. The van der Waals surface area contributed by atoms with Gasteiger partial charge >= 0.3 is 0 Å². The van der Waals surface area contributed by atoms with E-state index in [0.717, 1.165) is 16.6 Å². The highest BCUT2D eigenvalue weighted by Crippen LogP contribution is 2.26. The average molecular weight is 545 g/mol. The van der Waals surface area contributed by atoms with Crippen molar-refractivity contribution in [3.05, 3.63) is 68.2 Å². The minimum atomic E-state index is -4.02. The first-order valence-electron chi connectivity index (χ1n) is 10.6. The lowest BCUT2D eigenvalue weighted by molar-refractivity contribution is -0.384. The maximum atomic E-state index is 13.5. The Kier molecular flexibility index (Phi) is 9.87. The van der Waals surface area contributed by atoms with Gasteiger partial charge in [-0.1, -0.05) is 42.3 Å². The number of anilines is 1. The molecule has 0 saturated carbocycles. The van der Waals surface area contributed by atoms with E-state index in [-0.39, 0.29) is 29.4 Å². The number of hydrogen-bond acceptors (Lipinski definition) is 6. The first-order chi connectivity index (χ1) is 16.4. The third kappa shape index (κ3) is 7.55. The first-order valence-corrected chi connectivity index (χ1v) is 13.2. The fourth-order valence-electron chi connectivity index (χ4n) is 3.42. The lowest BCUT2D eigenvalue weighted by atomic mass is 10.1. The second-order valence-corrected chi connectivity index (χ2v) is 10.4. The molecule has 10 nitrogen and oxygen atoms in total. The number of nitrogens with zero attached hydrogens (tertiary/aromatic N) is 3. The first kappa shape index (κ1) is 28.3. The molecule has 2 amide bonds. The number of benzene rings is 2. The van der Waals surface area contributed by atoms with Crippen LogP contribution in [0.3, 0.4) is 0 Å². The van der Waals surface area contributed by atoms with E-state index in [9.17, 15) is 28.1 Å². The Bertz CT molecular complexity index is 1210. The van der Waals surface area contributed by atoms with Crippen molar-refractivity contribution in [2.24, 2.45) is 0 Å². The molecular weight excluding hydrogens is 519 g/mol. The minimum absolute atomic E-state index is 0.0504. The predicted molar refractivity (Wildman–Crippen MR) is 135 cm³/mol. The molecule has 1 N–H and O–H groups in total. The van der Waals surface area contributed by atoms with Crippen LogP contribution < -0.4 is 9.62 Å². The summed E-state index contributed by atoms with van der Waals surface area (Å²) in [6.45, 7) is 3.03. The molecule has 35 heavy (non-hydrogen) atoms. The number of halogens is 2. The number of nitrogens with one attached hydrogen (secondary N) is 1. The van der Waals surface area contributed by atoms with Gasteiger partial charge < -0.3 is 10.2 Å². The molecule has 0 aliphatic carbocycles. The summed E-state index contributed by atoms with van der Waals surface area (Å²) in [6.07, 6.45) is 1.14. The Morgan fingerprint density at radius 3 is 2.37 bits per heavy atom. The normalized spacial score (nSPS) is 12.0. The van der Waals surface area contributed by atoms with Crippen LogP contribution in [0.4, 0.5) is 11.4 Å². The maximum absolute atomic E-state index is 13.5. The average Bonchev–Trinajstić information content (AvgIpc) is 2.78. The van der Waals surface area contributed by atoms with Crippen molar-refractivity contribution < 1.29 is 22.9 Å². The van der Waals surface area contributed by atoms with E-state index in [1.54, 1.807) is 26.0 Å². The van der Waals surface area contributed by atoms with Crippen molar-refractivity contribution in [3.63, 3.8) is 0 Å². The van der Waals surface area contributed by atoms with Crippen molar-refractivity contribution in [2.75, 3.05) is 23.7 Å². The Labute approximate surface area is 214 Å². The van der Waals surface area contributed by atoms with Crippen molar-refractivity contribution in [1.82, 2.24) is 10.2 Å². The van der Waals surface area contributed by atoms with Crippen LogP contribution in [0.1, 0.15) is 25.8 Å². The van der Waals surface area contributed by atoms with Gasteiger partial charge in [-0.3, -0.25) is 24.0 Å². The molecule has 0 aromatic heterocycles. The molecule has 0 radical (unpaired) electrons. The van der Waals surface area contributed by atoms with Gasteiger partial charge in [0.15, 0.2) is 0 Å². The third-order valence-electron chi connectivity index (χ3n) is 5.10. The Morgan fingerprint density at radius 1 is 1.14 bits per heavy atom. The standard InChI is InChI=1S/C22H26Cl2N4O6S/c1-4-20(22(30)25-5-2)26(13-15-9-10-16(23)11-19(15)24)21(29)14-27(35(3,33)34)17-7-6-8-18(12-17)28(31)32/h6-12,20H,4-5,13-14H2,1-3H3,(H,25,30). The van der Waals surface area contributed by atoms with E-state index < -0.39 is 39.3 Å². The molecule has 0 saturated heterocycles. The number of likely N-dealkylation sites (N-methyl/N-ethyl adjacent to an activating group) is 1. The number of rotatable bonds is 11. The summed E-state index contributed by atoms with van der Waals surface area (Å²) in [6, 6.07) is 8.74. The van der Waals surface area contributed by atoms with E-state index in [0.29, 0.717) is 17.1 Å². The molecule has 2 aromatic rings. The molecule has 0 aliphatic heterocycles. The molecule has 190 valence electrons. The molecule has 0 aliphatic rings. The van der Waals surface area contributed by atoms with Crippen LogP contribution in [0.5, 0.6) is 0 Å². The molecule has 13 heteroatoms. The quantitative estimate of drug-likeness (QED) is 0.339. The van der Waals surface area contributed by atoms with Crippen LogP contribution in [0, 0.1) is 10.1 Å². The molecule has 0 heterocycles. The molecule has 1 unspecified atom stereocenters. The van der Waals surface area contributed by atoms with Crippen molar-refractivity contribution in [2.45, 2.75) is 32.9 Å². The molecule has 0 spiro atoms. The van der Waals surface area contributed by atoms with E-state index in [1.165, 1.54) is 29.2 Å². The highest BCUT2D eigenvalue weighted by molar-refractivity contribution is 7.92. The fraction of sp³-hybridized carbons (Fsp3) is 0.364. The summed E-state index contributed by atoms with van der Waals surface area (Å²) in [5, 5.41) is 14.5. The monoisotopic (exact) mass is 544 g/mol. The second-order valence-electron chi connectivity index (χ2n) is 7.62. The van der Waals surface area contributed by atoms with E-state index in [1.807, 2.05) is 0 Å². The van der Waals surface area contributed by atoms with Gasteiger partial charge in [-0.25, -0.2) is 8.42 Å². The minimum Gasteiger partial charge on any atom is -0.355 e. The van der Waals surface area contributed by atoms with Gasteiger partial charge in [0.05, 0.1) is 16.9 Å². The van der Waals surface area contributed by atoms with Gasteiger partial charge in [0.1, 0.15) is 12.6 Å². The summed E-state index contributed by atoms with van der Waals surface area (Å²) in [7, 11) is -4.02. The highest BCUT2D eigenvalue weighted by atomic mass is 35.5. The van der Waals surface area contributed by atoms with Crippen LogP contribution in [-0.4, -0.2) is 55.4 Å². The molecular formula is C22H26Cl2N4O6S. The van der Waals surface area contributed by atoms with Crippen LogP contribution in [-0.2, 0) is 26.2 Å². The zero-order valence-corrected chi connectivity index (χ0v) is 21.7. The SMILES string of the molecule is CCNC(=O)C(CC)N(Cc1ccc(Cl)cc1Cl)C(=O)CN(c1cccc([N+](=O)[O-])c1)S(C)(=O)=O. The van der Waals surface area contributed by atoms with Crippen molar-refractivity contribution in [1.29, 1.82) is 0 Å². The van der Waals surface area contributed by atoms with Gasteiger partial charge in [0.2, 0.25) is 21.8 Å². The third-order valence-corrected chi connectivity index (χ3v) is 6.83. The second kappa shape index (κ2) is 12.2. The van der Waals surface area contributed by atoms with Gasteiger partial charge in [0.25, 0.3) is 5.69 Å². The Morgan fingerprint density at radius 2 is 1.83 bits per heavy atom. The number of amides is 2. The molecule has 2 aromatic carbocycles. The summed E-state index contributed by atoms with van der Waals surface area (Å²) in [4.78, 5) is 38.0. The van der Waals surface area contributed by atoms with Crippen LogP contribution in [0.15, 0.2) is 42.5 Å². The number of nitro groups is 1. The topological polar surface area (TPSA) is 130 Å². The number of hydrogen-bond donors (Lipinski definition) is 1. The summed E-state index contributed by atoms with van der Waals surface area (Å²) < 4.78 is 25.9. The van der Waals surface area contributed by atoms with Crippen molar-refractivity contribution >= 4 is 56.4 Å². The van der Waals surface area contributed by atoms with Gasteiger partial charge in [0, 0.05) is 35.3 Å². The zero-order chi connectivity index (χ0) is 26.3. The van der Waals surface area contributed by atoms with Gasteiger partial charge in [-0.05, 0) is 37.1 Å². The fourth-order valence-corrected chi connectivity index (χ4v) is 4.73. The Balaban J connectivity index is 2.50. The zero-order valence-electron chi connectivity index (χ0n) is 19.4. The largest absolute Gasteiger partial charge is 0.355 e. The van der Waals surface area contributed by atoms with Gasteiger partial charge in [-0.2, -0.15) is 0 Å².